The molecule has 2 aromatic carbocycles. The van der Waals surface area contributed by atoms with Crippen molar-refractivity contribution in [1.82, 2.24) is 4.31 Å². The quantitative estimate of drug-likeness (QED) is 0.679. The lowest BCUT2D eigenvalue weighted by atomic mass is 10.1. The molecule has 4 nitrogen and oxygen atoms in total. The first kappa shape index (κ1) is 19.7. The summed E-state index contributed by atoms with van der Waals surface area (Å²) in [7, 11) is -3.50. The third-order valence-corrected chi connectivity index (χ3v) is 8.20. The van der Waals surface area contributed by atoms with Gasteiger partial charge in [-0.15, -0.1) is 0 Å². The molecule has 1 aliphatic heterocycles. The Balaban J connectivity index is 1.81. The summed E-state index contributed by atoms with van der Waals surface area (Å²) in [6.07, 6.45) is 0. The molecular formula is C19H22BrClN2O2S. The molecule has 0 aliphatic carbocycles. The zero-order valence-corrected chi connectivity index (χ0v) is 18.2. The molecule has 0 radical (unpaired) electrons. The summed E-state index contributed by atoms with van der Waals surface area (Å²) in [5.41, 5.74) is 3.79. The Morgan fingerprint density at radius 2 is 1.65 bits per heavy atom. The highest BCUT2D eigenvalue weighted by atomic mass is 79.9. The summed E-state index contributed by atoms with van der Waals surface area (Å²) in [6.45, 7) is 7.95. The normalized spacial score (nSPS) is 16.1. The maximum atomic E-state index is 13.1. The first-order valence-corrected chi connectivity index (χ1v) is 11.1. The van der Waals surface area contributed by atoms with Gasteiger partial charge >= 0.3 is 0 Å². The van der Waals surface area contributed by atoms with Crippen molar-refractivity contribution in [3.63, 3.8) is 0 Å². The largest absolute Gasteiger partial charge is 0.369 e. The monoisotopic (exact) mass is 456 g/mol. The molecule has 1 fully saturated rings. The molecule has 0 aromatic heterocycles. The first-order valence-electron chi connectivity index (χ1n) is 8.49. The van der Waals surface area contributed by atoms with E-state index < -0.39 is 10.0 Å². The minimum atomic E-state index is -3.50. The van der Waals surface area contributed by atoms with E-state index in [1.54, 1.807) is 10.4 Å². The number of benzene rings is 2. The van der Waals surface area contributed by atoms with Crippen LogP contribution in [0.2, 0.25) is 5.02 Å². The lowest BCUT2D eigenvalue weighted by molar-refractivity contribution is 0.384. The fraction of sp³-hybridized carbons (Fsp3) is 0.368. The molecule has 1 saturated heterocycles. The van der Waals surface area contributed by atoms with E-state index in [1.165, 1.54) is 0 Å². The molecule has 0 unspecified atom stereocenters. The van der Waals surface area contributed by atoms with Crippen LogP contribution in [0.15, 0.2) is 39.7 Å². The maximum absolute atomic E-state index is 13.1. The summed E-state index contributed by atoms with van der Waals surface area (Å²) in [5.74, 6) is 0. The van der Waals surface area contributed by atoms with E-state index in [9.17, 15) is 8.42 Å². The molecule has 1 heterocycles. The first-order chi connectivity index (χ1) is 12.2. The molecule has 0 N–H and O–H groups in total. The van der Waals surface area contributed by atoms with Gasteiger partial charge in [-0.05, 0) is 61.7 Å². The second-order valence-corrected chi connectivity index (χ2v) is 9.81. The van der Waals surface area contributed by atoms with Crippen LogP contribution in [0.5, 0.6) is 0 Å². The van der Waals surface area contributed by atoms with Crippen LogP contribution in [0.4, 0.5) is 5.69 Å². The van der Waals surface area contributed by atoms with Crippen molar-refractivity contribution < 1.29 is 8.42 Å². The van der Waals surface area contributed by atoms with E-state index in [0.717, 1.165) is 31.9 Å². The third-order valence-electron chi connectivity index (χ3n) is 4.89. The Kier molecular flexibility index (Phi) is 5.68. The average Bonchev–Trinajstić information content (AvgIpc) is 2.60. The summed E-state index contributed by atoms with van der Waals surface area (Å²) < 4.78 is 28.7. The molecule has 0 amide bonds. The second kappa shape index (κ2) is 7.50. The van der Waals surface area contributed by atoms with Gasteiger partial charge in [-0.3, -0.25) is 0 Å². The van der Waals surface area contributed by atoms with Crippen LogP contribution in [0.1, 0.15) is 16.7 Å². The molecule has 26 heavy (non-hydrogen) atoms. The predicted octanol–water partition coefficient (Wildman–Crippen LogP) is 4.54. The van der Waals surface area contributed by atoms with Crippen LogP contribution in [-0.2, 0) is 10.0 Å². The standard InChI is InChI=1S/C19H22BrClN2O2S/c1-13-12-19(14(2)11-16(13)20)26(24,25)23-9-7-22(8-10-23)18-6-4-5-17(21)15(18)3/h4-6,11-12H,7-10H2,1-3H3. The number of nitrogens with zero attached hydrogens (tertiary/aromatic N) is 2. The SMILES string of the molecule is Cc1cc(S(=O)(=O)N2CCN(c3cccc(Cl)c3C)CC2)c(C)cc1Br. The van der Waals surface area contributed by atoms with Crippen molar-refractivity contribution in [2.24, 2.45) is 0 Å². The highest BCUT2D eigenvalue weighted by Gasteiger charge is 2.30. The predicted molar refractivity (Wildman–Crippen MR) is 111 cm³/mol. The Hall–Kier alpha value is -1.08. The van der Waals surface area contributed by atoms with E-state index >= 15 is 0 Å². The van der Waals surface area contributed by atoms with Crippen LogP contribution < -0.4 is 4.90 Å². The van der Waals surface area contributed by atoms with E-state index in [-0.39, 0.29) is 0 Å². The van der Waals surface area contributed by atoms with E-state index in [0.29, 0.717) is 31.1 Å². The Morgan fingerprint density at radius 1 is 1.00 bits per heavy atom. The Bertz CT molecular complexity index is 939. The topological polar surface area (TPSA) is 40.6 Å². The fourth-order valence-electron chi connectivity index (χ4n) is 3.28. The third kappa shape index (κ3) is 3.65. The molecule has 140 valence electrons. The molecule has 0 atom stereocenters. The van der Waals surface area contributed by atoms with E-state index in [1.807, 2.05) is 45.0 Å². The number of anilines is 1. The highest BCUT2D eigenvalue weighted by Crippen LogP contribution is 2.30. The minimum absolute atomic E-state index is 0.394. The Morgan fingerprint density at radius 3 is 2.31 bits per heavy atom. The van der Waals surface area contributed by atoms with Gasteiger partial charge in [-0.25, -0.2) is 8.42 Å². The van der Waals surface area contributed by atoms with Crippen molar-refractivity contribution in [1.29, 1.82) is 0 Å². The number of aryl methyl sites for hydroxylation is 2. The number of halogens is 2. The van der Waals surface area contributed by atoms with Crippen LogP contribution >= 0.6 is 27.5 Å². The van der Waals surface area contributed by atoms with Gasteiger partial charge in [-0.2, -0.15) is 4.31 Å². The summed E-state index contributed by atoms with van der Waals surface area (Å²) in [4.78, 5) is 2.60. The maximum Gasteiger partial charge on any atom is 0.243 e. The second-order valence-electron chi connectivity index (χ2n) is 6.64. The Labute approximate surface area is 168 Å². The smallest absolute Gasteiger partial charge is 0.243 e. The summed E-state index contributed by atoms with van der Waals surface area (Å²) in [5, 5.41) is 0.735. The number of sulfonamides is 1. The average molecular weight is 458 g/mol. The lowest BCUT2D eigenvalue weighted by Crippen LogP contribution is -2.49. The molecule has 2 aromatic rings. The van der Waals surface area contributed by atoms with Gasteiger partial charge < -0.3 is 4.90 Å². The van der Waals surface area contributed by atoms with Gasteiger partial charge in [0.05, 0.1) is 4.90 Å². The number of rotatable bonds is 3. The highest BCUT2D eigenvalue weighted by molar-refractivity contribution is 9.10. The zero-order chi connectivity index (χ0) is 19.1. The lowest BCUT2D eigenvalue weighted by Gasteiger charge is -2.36. The van der Waals surface area contributed by atoms with Crippen LogP contribution in [0, 0.1) is 20.8 Å². The molecule has 7 heteroatoms. The van der Waals surface area contributed by atoms with Gasteiger partial charge in [0.1, 0.15) is 0 Å². The molecule has 0 saturated carbocycles. The molecular weight excluding hydrogens is 436 g/mol. The summed E-state index contributed by atoms with van der Waals surface area (Å²) in [6, 6.07) is 9.46. The van der Waals surface area contributed by atoms with Crippen LogP contribution in [-0.4, -0.2) is 38.9 Å². The minimum Gasteiger partial charge on any atom is -0.369 e. The van der Waals surface area contributed by atoms with Crippen molar-refractivity contribution in [2.45, 2.75) is 25.7 Å². The van der Waals surface area contributed by atoms with E-state index in [2.05, 4.69) is 20.8 Å². The van der Waals surface area contributed by atoms with Crippen LogP contribution in [0.3, 0.4) is 0 Å². The fourth-order valence-corrected chi connectivity index (χ4v) is 5.62. The number of piperazine rings is 1. The molecule has 0 spiro atoms. The van der Waals surface area contributed by atoms with Gasteiger partial charge in [0.2, 0.25) is 10.0 Å². The number of hydrogen-bond donors (Lipinski definition) is 0. The van der Waals surface area contributed by atoms with Crippen molar-refractivity contribution in [3.05, 3.63) is 56.5 Å². The van der Waals surface area contributed by atoms with Gasteiger partial charge in [0.25, 0.3) is 0 Å². The molecule has 1 aliphatic rings. The van der Waals surface area contributed by atoms with E-state index in [4.69, 9.17) is 11.6 Å². The van der Waals surface area contributed by atoms with Crippen LogP contribution in [0.25, 0.3) is 0 Å². The van der Waals surface area contributed by atoms with Crippen molar-refractivity contribution in [2.75, 3.05) is 31.1 Å². The molecule has 3 rings (SSSR count). The van der Waals surface area contributed by atoms with Crippen molar-refractivity contribution in [3.8, 4) is 0 Å². The van der Waals surface area contributed by atoms with Crippen molar-refractivity contribution >= 4 is 43.2 Å². The van der Waals surface area contributed by atoms with Gasteiger partial charge in [0.15, 0.2) is 0 Å². The van der Waals surface area contributed by atoms with Gasteiger partial charge in [-0.1, -0.05) is 33.6 Å². The summed E-state index contributed by atoms with van der Waals surface area (Å²) >= 11 is 9.69. The zero-order valence-electron chi connectivity index (χ0n) is 15.1. The van der Waals surface area contributed by atoms with Gasteiger partial charge in [0, 0.05) is 41.4 Å². The number of hydrogen-bond acceptors (Lipinski definition) is 3. The molecule has 0 bridgehead atoms.